The van der Waals surface area contributed by atoms with E-state index in [1.54, 1.807) is 33.7 Å². The molecule has 4 rings (SSSR count). The molecule has 0 unspecified atom stereocenters. The van der Waals surface area contributed by atoms with Crippen LogP contribution in [0.3, 0.4) is 0 Å². The number of nitrogens with zero attached hydrogens (tertiary/aromatic N) is 7. The quantitative estimate of drug-likeness (QED) is 0.554. The SMILES string of the molecule is Cc1cc(C)n(-c2ccc3nnc(CCCC(=O)Nc4cccnc4)n3n2)n1. The molecule has 0 aromatic carbocycles. The molecular weight excluding hydrogens is 356 g/mol. The molecule has 28 heavy (non-hydrogen) atoms. The molecule has 9 nitrogen and oxygen atoms in total. The number of aromatic nitrogens is 7. The summed E-state index contributed by atoms with van der Waals surface area (Å²) in [5.41, 5.74) is 3.30. The smallest absolute Gasteiger partial charge is 0.224 e. The van der Waals surface area contributed by atoms with Gasteiger partial charge in [-0.2, -0.15) is 9.61 Å². The molecule has 0 radical (unpaired) electrons. The second kappa shape index (κ2) is 7.55. The summed E-state index contributed by atoms with van der Waals surface area (Å²) in [7, 11) is 0. The van der Waals surface area contributed by atoms with Crippen molar-refractivity contribution >= 4 is 17.2 Å². The molecule has 1 N–H and O–H groups in total. The second-order valence-corrected chi connectivity index (χ2v) is 6.56. The Hall–Kier alpha value is -3.62. The second-order valence-electron chi connectivity index (χ2n) is 6.56. The van der Waals surface area contributed by atoms with Crippen molar-refractivity contribution in [2.75, 3.05) is 5.32 Å². The van der Waals surface area contributed by atoms with Gasteiger partial charge in [-0.1, -0.05) is 0 Å². The fraction of sp³-hybridized carbons (Fsp3) is 0.263. The Balaban J connectivity index is 1.45. The summed E-state index contributed by atoms with van der Waals surface area (Å²) < 4.78 is 3.50. The van der Waals surface area contributed by atoms with Gasteiger partial charge in [-0.25, -0.2) is 4.68 Å². The highest BCUT2D eigenvalue weighted by atomic mass is 16.1. The lowest BCUT2D eigenvalue weighted by molar-refractivity contribution is -0.116. The predicted octanol–water partition coefficient (Wildman–Crippen LogP) is 2.28. The summed E-state index contributed by atoms with van der Waals surface area (Å²) in [4.78, 5) is 16.1. The van der Waals surface area contributed by atoms with E-state index in [0.717, 1.165) is 11.4 Å². The average molecular weight is 376 g/mol. The number of amides is 1. The Bertz CT molecular complexity index is 1120. The molecule has 142 valence electrons. The number of hydrogen-bond donors (Lipinski definition) is 1. The molecule has 0 bridgehead atoms. The molecule has 0 aliphatic rings. The number of rotatable bonds is 6. The zero-order valence-corrected chi connectivity index (χ0v) is 15.7. The van der Waals surface area contributed by atoms with E-state index >= 15 is 0 Å². The van der Waals surface area contributed by atoms with Crippen molar-refractivity contribution < 1.29 is 4.79 Å². The third-order valence-electron chi connectivity index (χ3n) is 4.29. The minimum atomic E-state index is -0.0573. The average Bonchev–Trinajstić information content (AvgIpc) is 3.24. The van der Waals surface area contributed by atoms with E-state index in [-0.39, 0.29) is 5.91 Å². The lowest BCUT2D eigenvalue weighted by Crippen LogP contribution is -2.12. The van der Waals surface area contributed by atoms with Gasteiger partial charge >= 0.3 is 0 Å². The Morgan fingerprint density at radius 1 is 1.14 bits per heavy atom. The van der Waals surface area contributed by atoms with Gasteiger partial charge in [-0.15, -0.1) is 15.3 Å². The Labute approximate surface area is 161 Å². The van der Waals surface area contributed by atoms with Crippen molar-refractivity contribution in [3.63, 3.8) is 0 Å². The summed E-state index contributed by atoms with van der Waals surface area (Å²) in [6, 6.07) is 9.32. The molecule has 0 spiro atoms. The van der Waals surface area contributed by atoms with Gasteiger partial charge < -0.3 is 5.32 Å². The first-order chi connectivity index (χ1) is 13.6. The van der Waals surface area contributed by atoms with Gasteiger partial charge in [0.1, 0.15) is 0 Å². The largest absolute Gasteiger partial charge is 0.325 e. The fourth-order valence-electron chi connectivity index (χ4n) is 3.02. The first-order valence-corrected chi connectivity index (χ1v) is 9.05. The van der Waals surface area contributed by atoms with Crippen molar-refractivity contribution in [2.24, 2.45) is 0 Å². The zero-order valence-electron chi connectivity index (χ0n) is 15.7. The van der Waals surface area contributed by atoms with E-state index in [0.29, 0.717) is 42.2 Å². The molecule has 4 heterocycles. The van der Waals surface area contributed by atoms with Crippen LogP contribution >= 0.6 is 0 Å². The molecule has 0 saturated carbocycles. The number of fused-ring (bicyclic) bond motifs is 1. The minimum absolute atomic E-state index is 0.0573. The van der Waals surface area contributed by atoms with Crippen molar-refractivity contribution in [1.29, 1.82) is 0 Å². The molecule has 9 heteroatoms. The molecule has 0 aliphatic heterocycles. The van der Waals surface area contributed by atoms with Crippen molar-refractivity contribution in [3.05, 3.63) is 59.9 Å². The Kier molecular flexibility index (Phi) is 4.79. The van der Waals surface area contributed by atoms with Crippen molar-refractivity contribution in [2.45, 2.75) is 33.1 Å². The Morgan fingerprint density at radius 2 is 2.04 bits per heavy atom. The van der Waals surface area contributed by atoms with Crippen LogP contribution in [0.5, 0.6) is 0 Å². The predicted molar refractivity (Wildman–Crippen MR) is 103 cm³/mol. The molecule has 0 saturated heterocycles. The summed E-state index contributed by atoms with van der Waals surface area (Å²) in [5, 5.41) is 20.3. The van der Waals surface area contributed by atoms with Gasteiger partial charge in [0.2, 0.25) is 5.91 Å². The standard InChI is InChI=1S/C19H20N8O/c1-13-11-14(2)26(24-13)18-9-8-17-23-22-16(27(17)25-18)6-3-7-19(28)21-15-5-4-10-20-12-15/h4-5,8-12H,3,6-7H2,1-2H3,(H,21,28). The van der Waals surface area contributed by atoms with E-state index in [1.807, 2.05) is 32.0 Å². The monoisotopic (exact) mass is 376 g/mol. The van der Waals surface area contributed by atoms with E-state index in [4.69, 9.17) is 0 Å². The topological polar surface area (TPSA) is 103 Å². The van der Waals surface area contributed by atoms with Crippen LogP contribution in [-0.4, -0.2) is 40.5 Å². The lowest BCUT2D eigenvalue weighted by atomic mass is 10.2. The molecule has 0 fully saturated rings. The zero-order chi connectivity index (χ0) is 19.5. The molecule has 4 aromatic rings. The third-order valence-corrected chi connectivity index (χ3v) is 4.29. The molecule has 0 aliphatic carbocycles. The van der Waals surface area contributed by atoms with Crippen LogP contribution in [0.2, 0.25) is 0 Å². The van der Waals surface area contributed by atoms with Crippen molar-refractivity contribution in [1.82, 2.24) is 34.6 Å². The van der Waals surface area contributed by atoms with Crippen LogP contribution in [0.1, 0.15) is 30.1 Å². The number of aryl methyl sites for hydroxylation is 3. The van der Waals surface area contributed by atoms with E-state index in [1.165, 1.54) is 0 Å². The fourth-order valence-corrected chi connectivity index (χ4v) is 3.02. The lowest BCUT2D eigenvalue weighted by Gasteiger charge is -2.05. The van der Waals surface area contributed by atoms with Gasteiger partial charge in [0.25, 0.3) is 0 Å². The number of carbonyl (C=O) groups is 1. The minimum Gasteiger partial charge on any atom is -0.325 e. The molecular formula is C19H20N8O. The van der Waals surface area contributed by atoms with Gasteiger partial charge in [-0.05, 0) is 50.6 Å². The highest BCUT2D eigenvalue weighted by Gasteiger charge is 2.11. The van der Waals surface area contributed by atoms with E-state index < -0.39 is 0 Å². The maximum atomic E-state index is 12.1. The van der Waals surface area contributed by atoms with Crippen LogP contribution in [0.25, 0.3) is 11.5 Å². The van der Waals surface area contributed by atoms with Crippen LogP contribution in [-0.2, 0) is 11.2 Å². The van der Waals surface area contributed by atoms with Crippen LogP contribution < -0.4 is 5.32 Å². The number of nitrogens with one attached hydrogen (secondary N) is 1. The first-order valence-electron chi connectivity index (χ1n) is 9.05. The van der Waals surface area contributed by atoms with Gasteiger partial charge in [0.05, 0.1) is 17.6 Å². The molecule has 0 atom stereocenters. The van der Waals surface area contributed by atoms with Crippen LogP contribution in [0, 0.1) is 13.8 Å². The van der Waals surface area contributed by atoms with Gasteiger partial charge in [-0.3, -0.25) is 9.78 Å². The summed E-state index contributed by atoms with van der Waals surface area (Å²) in [5.74, 6) is 1.36. The maximum absolute atomic E-state index is 12.1. The van der Waals surface area contributed by atoms with Gasteiger partial charge in [0.15, 0.2) is 17.3 Å². The Morgan fingerprint density at radius 3 is 2.79 bits per heavy atom. The van der Waals surface area contributed by atoms with Gasteiger partial charge in [0, 0.05) is 24.7 Å². The number of anilines is 1. The number of hydrogen-bond acceptors (Lipinski definition) is 6. The summed E-state index contributed by atoms with van der Waals surface area (Å²) >= 11 is 0. The summed E-state index contributed by atoms with van der Waals surface area (Å²) in [6.45, 7) is 3.93. The molecule has 4 aromatic heterocycles. The van der Waals surface area contributed by atoms with Crippen LogP contribution in [0.4, 0.5) is 5.69 Å². The van der Waals surface area contributed by atoms with E-state index in [9.17, 15) is 4.79 Å². The number of pyridine rings is 1. The molecule has 1 amide bonds. The van der Waals surface area contributed by atoms with Crippen molar-refractivity contribution in [3.8, 4) is 5.82 Å². The maximum Gasteiger partial charge on any atom is 0.224 e. The third kappa shape index (κ3) is 3.73. The first kappa shape index (κ1) is 17.8. The van der Waals surface area contributed by atoms with E-state index in [2.05, 4.69) is 30.7 Å². The highest BCUT2D eigenvalue weighted by Crippen LogP contribution is 2.12. The highest BCUT2D eigenvalue weighted by molar-refractivity contribution is 5.90. The van der Waals surface area contributed by atoms with Crippen LogP contribution in [0.15, 0.2) is 42.7 Å². The normalized spacial score (nSPS) is 11.1. The summed E-state index contributed by atoms with van der Waals surface area (Å²) in [6.07, 6.45) is 4.89. The number of carbonyl (C=O) groups excluding carboxylic acids is 1.